The lowest BCUT2D eigenvalue weighted by atomic mass is 10.1. The van der Waals surface area contributed by atoms with Crippen molar-refractivity contribution in [3.63, 3.8) is 0 Å². The molecule has 1 amide bonds. The van der Waals surface area contributed by atoms with Gasteiger partial charge in [0.15, 0.2) is 5.13 Å². The van der Waals surface area contributed by atoms with Gasteiger partial charge in [0.25, 0.3) is 0 Å². The van der Waals surface area contributed by atoms with Crippen LogP contribution < -0.4 is 5.32 Å². The van der Waals surface area contributed by atoms with Gasteiger partial charge in [0.05, 0.1) is 5.69 Å². The fraction of sp³-hybridized carbons (Fsp3) is 0.231. The summed E-state index contributed by atoms with van der Waals surface area (Å²) in [7, 11) is 0. The standard InChI is InChI=1S/C13H13ClN2OS/c1-8-12(18-13(15-8)16-9(2)17)7-10-5-3-4-6-11(10)14/h3-6H,7H2,1-2H3,(H,15,16,17). The lowest BCUT2D eigenvalue weighted by molar-refractivity contribution is -0.114. The second-order valence-corrected chi connectivity index (χ2v) is 5.47. The first-order chi connectivity index (χ1) is 8.56. The third-order valence-electron chi connectivity index (χ3n) is 2.48. The Hall–Kier alpha value is -1.39. The maximum Gasteiger partial charge on any atom is 0.223 e. The van der Waals surface area contributed by atoms with Gasteiger partial charge >= 0.3 is 0 Å². The second kappa shape index (κ2) is 5.50. The molecule has 0 saturated carbocycles. The number of halogens is 1. The van der Waals surface area contributed by atoms with E-state index in [4.69, 9.17) is 11.6 Å². The Morgan fingerprint density at radius 3 is 2.83 bits per heavy atom. The highest BCUT2D eigenvalue weighted by atomic mass is 35.5. The normalized spacial score (nSPS) is 10.4. The molecule has 0 aliphatic rings. The molecule has 2 rings (SSSR count). The number of amides is 1. The van der Waals surface area contributed by atoms with Gasteiger partial charge in [-0.2, -0.15) is 0 Å². The van der Waals surface area contributed by atoms with Gasteiger partial charge in [-0.05, 0) is 18.6 Å². The smallest absolute Gasteiger partial charge is 0.223 e. The van der Waals surface area contributed by atoms with Crippen molar-refractivity contribution in [1.82, 2.24) is 4.98 Å². The van der Waals surface area contributed by atoms with Gasteiger partial charge in [0.1, 0.15) is 0 Å². The van der Waals surface area contributed by atoms with Gasteiger partial charge in [0.2, 0.25) is 5.91 Å². The van der Waals surface area contributed by atoms with E-state index in [2.05, 4.69) is 10.3 Å². The topological polar surface area (TPSA) is 42.0 Å². The molecular formula is C13H13ClN2OS. The first-order valence-corrected chi connectivity index (χ1v) is 6.73. The van der Waals surface area contributed by atoms with Crippen LogP contribution in [0.15, 0.2) is 24.3 Å². The Balaban J connectivity index is 2.22. The van der Waals surface area contributed by atoms with Crippen LogP contribution in [-0.2, 0) is 11.2 Å². The molecule has 0 atom stereocenters. The zero-order chi connectivity index (χ0) is 13.1. The summed E-state index contributed by atoms with van der Waals surface area (Å²) in [6.07, 6.45) is 0.739. The van der Waals surface area contributed by atoms with Crippen molar-refractivity contribution >= 4 is 34.0 Å². The number of anilines is 1. The molecule has 2 aromatic rings. The number of thiazole rings is 1. The first-order valence-electron chi connectivity index (χ1n) is 5.53. The summed E-state index contributed by atoms with van der Waals surface area (Å²) in [5, 5.41) is 4.10. The summed E-state index contributed by atoms with van der Waals surface area (Å²) >= 11 is 7.62. The average molecular weight is 281 g/mol. The fourth-order valence-electron chi connectivity index (χ4n) is 1.61. The number of hydrogen-bond donors (Lipinski definition) is 1. The van der Waals surface area contributed by atoms with E-state index in [0.717, 1.165) is 27.6 Å². The minimum Gasteiger partial charge on any atom is -0.302 e. The lowest BCUT2D eigenvalue weighted by Gasteiger charge is -2.01. The maximum absolute atomic E-state index is 11.0. The highest BCUT2D eigenvalue weighted by Crippen LogP contribution is 2.27. The number of rotatable bonds is 3. The molecule has 0 fully saturated rings. The molecule has 1 aromatic heterocycles. The SMILES string of the molecule is CC(=O)Nc1nc(C)c(Cc2ccccc2Cl)s1. The molecule has 18 heavy (non-hydrogen) atoms. The number of carbonyl (C=O) groups is 1. The molecular weight excluding hydrogens is 268 g/mol. The number of aryl methyl sites for hydroxylation is 1. The third kappa shape index (κ3) is 3.09. The van der Waals surface area contributed by atoms with Crippen molar-refractivity contribution < 1.29 is 4.79 Å². The molecule has 0 unspecified atom stereocenters. The predicted molar refractivity (Wildman–Crippen MR) is 75.4 cm³/mol. The van der Waals surface area contributed by atoms with E-state index in [1.165, 1.54) is 18.3 Å². The van der Waals surface area contributed by atoms with Crippen LogP contribution in [0.4, 0.5) is 5.13 Å². The van der Waals surface area contributed by atoms with E-state index in [1.54, 1.807) is 0 Å². The molecule has 1 aromatic carbocycles. The van der Waals surface area contributed by atoms with Crippen LogP contribution in [0.2, 0.25) is 5.02 Å². The molecule has 5 heteroatoms. The van der Waals surface area contributed by atoms with Gasteiger partial charge in [-0.3, -0.25) is 4.79 Å². The van der Waals surface area contributed by atoms with Crippen LogP contribution >= 0.6 is 22.9 Å². The Kier molecular flexibility index (Phi) is 3.99. The molecule has 0 aliphatic carbocycles. The van der Waals surface area contributed by atoms with E-state index >= 15 is 0 Å². The molecule has 1 N–H and O–H groups in total. The summed E-state index contributed by atoms with van der Waals surface area (Å²) in [6.45, 7) is 3.42. The summed E-state index contributed by atoms with van der Waals surface area (Å²) in [6, 6.07) is 7.75. The minimum atomic E-state index is -0.104. The fourth-order valence-corrected chi connectivity index (χ4v) is 2.85. The van der Waals surface area contributed by atoms with E-state index in [0.29, 0.717) is 5.13 Å². The van der Waals surface area contributed by atoms with Gasteiger partial charge in [0, 0.05) is 23.2 Å². The van der Waals surface area contributed by atoms with E-state index in [9.17, 15) is 4.79 Å². The summed E-state index contributed by atoms with van der Waals surface area (Å²) in [5.74, 6) is -0.104. The Morgan fingerprint density at radius 1 is 1.44 bits per heavy atom. The van der Waals surface area contributed by atoms with Crippen molar-refractivity contribution in [2.24, 2.45) is 0 Å². The van der Waals surface area contributed by atoms with Crippen LogP contribution in [0, 0.1) is 6.92 Å². The second-order valence-electron chi connectivity index (χ2n) is 3.98. The molecule has 0 aliphatic heterocycles. The Morgan fingerprint density at radius 2 is 2.17 bits per heavy atom. The maximum atomic E-state index is 11.0. The molecule has 0 saturated heterocycles. The summed E-state index contributed by atoms with van der Waals surface area (Å²) in [5.41, 5.74) is 2.00. The largest absolute Gasteiger partial charge is 0.302 e. The molecule has 3 nitrogen and oxygen atoms in total. The molecule has 0 spiro atoms. The minimum absolute atomic E-state index is 0.104. The summed E-state index contributed by atoms with van der Waals surface area (Å²) < 4.78 is 0. The number of benzene rings is 1. The number of aromatic nitrogens is 1. The number of nitrogens with zero attached hydrogens (tertiary/aromatic N) is 1. The van der Waals surface area contributed by atoms with Crippen LogP contribution in [0.5, 0.6) is 0 Å². The molecule has 94 valence electrons. The molecule has 0 bridgehead atoms. The van der Waals surface area contributed by atoms with Crippen molar-refractivity contribution in [3.05, 3.63) is 45.4 Å². The number of carbonyl (C=O) groups excluding carboxylic acids is 1. The van der Waals surface area contributed by atoms with E-state index < -0.39 is 0 Å². The van der Waals surface area contributed by atoms with Crippen LogP contribution in [0.1, 0.15) is 23.1 Å². The third-order valence-corrected chi connectivity index (χ3v) is 3.93. The number of hydrogen-bond acceptors (Lipinski definition) is 3. The van der Waals surface area contributed by atoms with Crippen LogP contribution in [-0.4, -0.2) is 10.9 Å². The highest BCUT2D eigenvalue weighted by Gasteiger charge is 2.10. The van der Waals surface area contributed by atoms with Crippen LogP contribution in [0.3, 0.4) is 0 Å². The van der Waals surface area contributed by atoms with Crippen molar-refractivity contribution in [3.8, 4) is 0 Å². The van der Waals surface area contributed by atoms with Gasteiger partial charge in [-0.25, -0.2) is 4.98 Å². The van der Waals surface area contributed by atoms with E-state index in [-0.39, 0.29) is 5.91 Å². The first kappa shape index (κ1) is 13.1. The Bertz CT molecular complexity index is 580. The van der Waals surface area contributed by atoms with Gasteiger partial charge in [-0.1, -0.05) is 29.8 Å². The molecule has 0 radical (unpaired) electrons. The lowest BCUT2D eigenvalue weighted by Crippen LogP contribution is -2.04. The van der Waals surface area contributed by atoms with E-state index in [1.807, 2.05) is 31.2 Å². The van der Waals surface area contributed by atoms with Crippen molar-refractivity contribution in [2.75, 3.05) is 5.32 Å². The zero-order valence-electron chi connectivity index (χ0n) is 10.2. The van der Waals surface area contributed by atoms with Crippen molar-refractivity contribution in [1.29, 1.82) is 0 Å². The van der Waals surface area contributed by atoms with Crippen LogP contribution in [0.25, 0.3) is 0 Å². The number of nitrogens with one attached hydrogen (secondary N) is 1. The predicted octanol–water partition coefficient (Wildman–Crippen LogP) is 3.65. The Labute approximate surface area is 115 Å². The summed E-state index contributed by atoms with van der Waals surface area (Å²) in [4.78, 5) is 16.4. The van der Waals surface area contributed by atoms with Gasteiger partial charge in [-0.15, -0.1) is 11.3 Å². The van der Waals surface area contributed by atoms with Gasteiger partial charge < -0.3 is 5.32 Å². The zero-order valence-corrected chi connectivity index (χ0v) is 11.7. The average Bonchev–Trinajstić information content (AvgIpc) is 2.61. The monoisotopic (exact) mass is 280 g/mol. The highest BCUT2D eigenvalue weighted by molar-refractivity contribution is 7.15. The van der Waals surface area contributed by atoms with Crippen molar-refractivity contribution in [2.45, 2.75) is 20.3 Å². The quantitative estimate of drug-likeness (QED) is 0.932. The molecule has 1 heterocycles.